The fourth-order valence-corrected chi connectivity index (χ4v) is 3.46. The first kappa shape index (κ1) is 15.7. The molecule has 1 aromatic carbocycles. The fourth-order valence-electron chi connectivity index (χ4n) is 2.07. The third-order valence-corrected chi connectivity index (χ3v) is 4.98. The minimum atomic E-state index is 0.732. The first-order valence-corrected chi connectivity index (χ1v) is 8.85. The van der Waals surface area contributed by atoms with Crippen molar-refractivity contribution in [2.75, 3.05) is 6.54 Å². The van der Waals surface area contributed by atoms with Crippen LogP contribution in [0.5, 0.6) is 0 Å². The summed E-state index contributed by atoms with van der Waals surface area (Å²) in [7, 11) is 0. The second-order valence-corrected chi connectivity index (χ2v) is 7.04. The lowest BCUT2D eigenvalue weighted by Crippen LogP contribution is -2.16. The molecule has 0 aliphatic heterocycles. The minimum absolute atomic E-state index is 0.732. The van der Waals surface area contributed by atoms with E-state index in [9.17, 15) is 0 Å². The molecule has 3 aromatic rings. The van der Waals surface area contributed by atoms with Crippen molar-refractivity contribution in [3.8, 4) is 10.6 Å². The van der Waals surface area contributed by atoms with Gasteiger partial charge in [-0.2, -0.15) is 0 Å². The highest BCUT2D eigenvalue weighted by atomic mass is 79.9. The zero-order valence-corrected chi connectivity index (χ0v) is 14.8. The molecule has 0 saturated carbocycles. The predicted molar refractivity (Wildman–Crippen MR) is 94.4 cm³/mol. The summed E-state index contributed by atoms with van der Waals surface area (Å²) in [6, 6.07) is 11.8. The number of nitrogens with one attached hydrogen (secondary N) is 1. The predicted octanol–water partition coefficient (Wildman–Crippen LogP) is 5.15. The van der Waals surface area contributed by atoms with Crippen LogP contribution >= 0.6 is 38.9 Å². The van der Waals surface area contributed by atoms with Gasteiger partial charge in [0.2, 0.25) is 0 Å². The summed E-state index contributed by atoms with van der Waals surface area (Å²) in [5, 5.41) is 5.26. The first-order chi connectivity index (χ1) is 10.7. The lowest BCUT2D eigenvalue weighted by atomic mass is 10.1. The van der Waals surface area contributed by atoms with E-state index in [-0.39, 0.29) is 0 Å². The highest BCUT2D eigenvalue weighted by molar-refractivity contribution is 9.10. The summed E-state index contributed by atoms with van der Waals surface area (Å²) < 4.78 is 6.26. The molecule has 114 valence electrons. The highest BCUT2D eigenvalue weighted by Crippen LogP contribution is 2.29. The van der Waals surface area contributed by atoms with E-state index in [2.05, 4.69) is 32.3 Å². The molecule has 1 N–H and O–H groups in total. The van der Waals surface area contributed by atoms with Crippen LogP contribution in [0.15, 0.2) is 51.7 Å². The maximum absolute atomic E-state index is 6.14. The molecule has 6 heteroatoms. The number of nitrogens with zero attached hydrogens (tertiary/aromatic N) is 1. The number of furan rings is 1. The van der Waals surface area contributed by atoms with Crippen molar-refractivity contribution in [3.63, 3.8) is 0 Å². The Morgan fingerprint density at radius 1 is 1.23 bits per heavy atom. The largest absolute Gasteiger partial charge is 0.448 e. The van der Waals surface area contributed by atoms with E-state index < -0.39 is 0 Å². The maximum Gasteiger partial charge on any atom is 0.169 e. The van der Waals surface area contributed by atoms with Crippen molar-refractivity contribution in [2.45, 2.75) is 13.0 Å². The van der Waals surface area contributed by atoms with E-state index >= 15 is 0 Å². The Labute approximate surface area is 146 Å². The van der Waals surface area contributed by atoms with Gasteiger partial charge in [-0.1, -0.05) is 29.8 Å². The maximum atomic E-state index is 6.14. The van der Waals surface area contributed by atoms with E-state index in [1.54, 1.807) is 11.3 Å². The van der Waals surface area contributed by atoms with Gasteiger partial charge in [0.25, 0.3) is 0 Å². The van der Waals surface area contributed by atoms with Gasteiger partial charge in [-0.3, -0.25) is 0 Å². The number of aromatic nitrogens is 1. The van der Waals surface area contributed by atoms with E-state index in [0.717, 1.165) is 50.4 Å². The Bertz CT molecular complexity index is 756. The number of benzene rings is 1. The Hall–Kier alpha value is -1.14. The van der Waals surface area contributed by atoms with Gasteiger partial charge in [0.1, 0.15) is 10.8 Å². The summed E-state index contributed by atoms with van der Waals surface area (Å²) in [4.78, 5) is 5.45. The molecule has 0 amide bonds. The molecule has 3 rings (SSSR count). The summed E-state index contributed by atoms with van der Waals surface area (Å²) >= 11 is 11.1. The van der Waals surface area contributed by atoms with Crippen LogP contribution < -0.4 is 5.32 Å². The molecule has 0 bridgehead atoms. The molecule has 0 aliphatic rings. The zero-order valence-electron chi connectivity index (χ0n) is 11.7. The number of thiazole rings is 1. The Morgan fingerprint density at radius 2 is 2.09 bits per heavy atom. The zero-order chi connectivity index (χ0) is 15.4. The third-order valence-electron chi connectivity index (χ3n) is 3.17. The van der Waals surface area contributed by atoms with Crippen molar-refractivity contribution in [2.24, 2.45) is 0 Å². The van der Waals surface area contributed by atoms with Crippen molar-refractivity contribution in [1.29, 1.82) is 0 Å². The fraction of sp³-hybridized carbons (Fsp3) is 0.188. The quantitative estimate of drug-likeness (QED) is 0.584. The van der Waals surface area contributed by atoms with E-state index in [4.69, 9.17) is 16.0 Å². The van der Waals surface area contributed by atoms with Crippen LogP contribution in [0.1, 0.15) is 10.6 Å². The van der Waals surface area contributed by atoms with Gasteiger partial charge in [0.15, 0.2) is 4.67 Å². The SMILES string of the molecule is Clc1ccccc1CCNCc1ncc(-c2ccc(Br)o2)s1. The molecule has 0 aliphatic carbocycles. The molecule has 0 atom stereocenters. The minimum Gasteiger partial charge on any atom is -0.448 e. The number of hydrogen-bond donors (Lipinski definition) is 1. The van der Waals surface area contributed by atoms with Crippen LogP contribution in [0.3, 0.4) is 0 Å². The molecule has 2 aromatic heterocycles. The van der Waals surface area contributed by atoms with Crippen LogP contribution in [-0.4, -0.2) is 11.5 Å². The Balaban J connectivity index is 1.50. The second-order valence-electron chi connectivity index (χ2n) is 4.74. The summed E-state index contributed by atoms with van der Waals surface area (Å²) in [6.45, 7) is 1.61. The lowest BCUT2D eigenvalue weighted by Gasteiger charge is -2.04. The number of rotatable bonds is 6. The standard InChI is InChI=1S/C16H14BrClN2OS/c17-15-6-5-13(21-15)14-9-20-16(22-14)10-19-8-7-11-3-1-2-4-12(11)18/h1-6,9,19H,7-8,10H2. The van der Waals surface area contributed by atoms with Gasteiger partial charge in [0.05, 0.1) is 4.88 Å². The molecule has 0 fully saturated rings. The molecule has 0 radical (unpaired) electrons. The molecule has 0 unspecified atom stereocenters. The van der Waals surface area contributed by atoms with Gasteiger partial charge < -0.3 is 9.73 Å². The summed E-state index contributed by atoms with van der Waals surface area (Å²) in [6.07, 6.45) is 2.75. The Morgan fingerprint density at radius 3 is 2.86 bits per heavy atom. The van der Waals surface area contributed by atoms with Crippen LogP contribution in [0.2, 0.25) is 5.02 Å². The van der Waals surface area contributed by atoms with Crippen molar-refractivity contribution in [3.05, 3.63) is 62.9 Å². The van der Waals surface area contributed by atoms with Crippen LogP contribution in [-0.2, 0) is 13.0 Å². The monoisotopic (exact) mass is 396 g/mol. The molecule has 22 heavy (non-hydrogen) atoms. The third kappa shape index (κ3) is 3.98. The van der Waals surface area contributed by atoms with E-state index in [0.29, 0.717) is 0 Å². The topological polar surface area (TPSA) is 38.1 Å². The van der Waals surface area contributed by atoms with Gasteiger partial charge in [0, 0.05) is 17.8 Å². The second kappa shape index (κ2) is 7.42. The van der Waals surface area contributed by atoms with Crippen molar-refractivity contribution in [1.82, 2.24) is 10.3 Å². The van der Waals surface area contributed by atoms with Crippen LogP contribution in [0.4, 0.5) is 0 Å². The average molecular weight is 398 g/mol. The van der Waals surface area contributed by atoms with Crippen molar-refractivity contribution < 1.29 is 4.42 Å². The van der Waals surface area contributed by atoms with Gasteiger partial charge in [-0.15, -0.1) is 11.3 Å². The molecule has 0 saturated heterocycles. The van der Waals surface area contributed by atoms with E-state index in [1.165, 1.54) is 0 Å². The molecule has 2 heterocycles. The molecule has 0 spiro atoms. The number of hydrogen-bond acceptors (Lipinski definition) is 4. The molecular weight excluding hydrogens is 384 g/mol. The van der Waals surface area contributed by atoms with Crippen LogP contribution in [0, 0.1) is 0 Å². The van der Waals surface area contributed by atoms with Gasteiger partial charge in [-0.25, -0.2) is 4.98 Å². The first-order valence-electron chi connectivity index (χ1n) is 6.87. The molecular formula is C16H14BrClN2OS. The number of halogens is 2. The van der Waals surface area contributed by atoms with Crippen LogP contribution in [0.25, 0.3) is 10.6 Å². The normalized spacial score (nSPS) is 11.0. The summed E-state index contributed by atoms with van der Waals surface area (Å²) in [5.41, 5.74) is 1.16. The Kier molecular flexibility index (Phi) is 5.31. The smallest absolute Gasteiger partial charge is 0.169 e. The van der Waals surface area contributed by atoms with E-state index in [1.807, 2.05) is 36.5 Å². The van der Waals surface area contributed by atoms with Gasteiger partial charge in [-0.05, 0) is 52.7 Å². The molecule has 3 nitrogen and oxygen atoms in total. The summed E-state index contributed by atoms with van der Waals surface area (Å²) in [5.74, 6) is 0.840. The van der Waals surface area contributed by atoms with Gasteiger partial charge >= 0.3 is 0 Å². The van der Waals surface area contributed by atoms with Crippen molar-refractivity contribution >= 4 is 38.9 Å². The highest BCUT2D eigenvalue weighted by Gasteiger charge is 2.08. The lowest BCUT2D eigenvalue weighted by molar-refractivity contribution is 0.557. The average Bonchev–Trinajstić information content (AvgIpc) is 3.14.